The van der Waals surface area contributed by atoms with Gasteiger partial charge in [0.25, 0.3) is 0 Å². The molecule has 0 atom stereocenters. The molecule has 1 aromatic carbocycles. The number of nitrogens with two attached hydrogens (primary N) is 2. The number of carboxylic acid groups (broad SMARTS) is 1. The SMILES string of the molecule is NC(=O)CCN(CCC(=O)O)c1ccccc1N. The minimum atomic E-state index is -0.895. The number of carboxylic acids is 1. The van der Waals surface area contributed by atoms with Crippen molar-refractivity contribution in [3.8, 4) is 0 Å². The van der Waals surface area contributed by atoms with Crippen molar-refractivity contribution < 1.29 is 14.7 Å². The van der Waals surface area contributed by atoms with Crippen LogP contribution in [-0.2, 0) is 9.59 Å². The summed E-state index contributed by atoms with van der Waals surface area (Å²) in [6.45, 7) is 0.646. The molecule has 98 valence electrons. The van der Waals surface area contributed by atoms with Gasteiger partial charge in [0.2, 0.25) is 5.91 Å². The molecule has 1 amide bonds. The van der Waals surface area contributed by atoms with E-state index in [4.69, 9.17) is 16.6 Å². The third kappa shape index (κ3) is 4.32. The molecule has 0 spiro atoms. The van der Waals surface area contributed by atoms with Crippen LogP contribution in [-0.4, -0.2) is 30.1 Å². The highest BCUT2D eigenvalue weighted by Crippen LogP contribution is 2.22. The molecule has 0 heterocycles. The van der Waals surface area contributed by atoms with Crippen molar-refractivity contribution in [1.82, 2.24) is 0 Å². The third-order valence-electron chi connectivity index (χ3n) is 2.50. The molecule has 0 radical (unpaired) electrons. The summed E-state index contributed by atoms with van der Waals surface area (Å²) < 4.78 is 0. The van der Waals surface area contributed by atoms with E-state index in [1.807, 2.05) is 6.07 Å². The van der Waals surface area contributed by atoms with Crippen molar-refractivity contribution in [2.24, 2.45) is 5.73 Å². The van der Waals surface area contributed by atoms with Crippen LogP contribution in [0.1, 0.15) is 12.8 Å². The molecule has 0 saturated heterocycles. The fourth-order valence-corrected chi connectivity index (χ4v) is 1.60. The number of hydrogen-bond donors (Lipinski definition) is 3. The summed E-state index contributed by atoms with van der Waals surface area (Å²) >= 11 is 0. The Hall–Kier alpha value is -2.24. The number of primary amides is 1. The maximum Gasteiger partial charge on any atom is 0.305 e. The van der Waals surface area contributed by atoms with Crippen LogP contribution >= 0.6 is 0 Å². The Kier molecular flexibility index (Phi) is 4.98. The Morgan fingerprint density at radius 1 is 1.17 bits per heavy atom. The number of carbonyl (C=O) groups is 2. The summed E-state index contributed by atoms with van der Waals surface area (Å²) in [6, 6.07) is 7.12. The zero-order valence-corrected chi connectivity index (χ0v) is 10.0. The lowest BCUT2D eigenvalue weighted by Gasteiger charge is -2.25. The maximum absolute atomic E-state index is 10.8. The second-order valence-electron chi connectivity index (χ2n) is 3.91. The van der Waals surface area contributed by atoms with Gasteiger partial charge >= 0.3 is 5.97 Å². The first-order valence-electron chi connectivity index (χ1n) is 5.60. The highest BCUT2D eigenvalue weighted by Gasteiger charge is 2.12. The lowest BCUT2D eigenvalue weighted by molar-refractivity contribution is -0.136. The zero-order chi connectivity index (χ0) is 13.5. The first kappa shape index (κ1) is 13.8. The fourth-order valence-electron chi connectivity index (χ4n) is 1.60. The lowest BCUT2D eigenvalue weighted by Crippen LogP contribution is -2.30. The van der Waals surface area contributed by atoms with Gasteiger partial charge in [-0.05, 0) is 12.1 Å². The van der Waals surface area contributed by atoms with Crippen LogP contribution in [0.4, 0.5) is 11.4 Å². The van der Waals surface area contributed by atoms with E-state index in [1.165, 1.54) is 0 Å². The molecular weight excluding hydrogens is 234 g/mol. The van der Waals surface area contributed by atoms with E-state index in [-0.39, 0.29) is 19.4 Å². The molecule has 0 fully saturated rings. The maximum atomic E-state index is 10.8. The molecule has 0 aliphatic carbocycles. The van der Waals surface area contributed by atoms with Crippen LogP contribution in [0.15, 0.2) is 24.3 Å². The van der Waals surface area contributed by atoms with Gasteiger partial charge in [-0.15, -0.1) is 0 Å². The topological polar surface area (TPSA) is 110 Å². The van der Waals surface area contributed by atoms with Gasteiger partial charge in [0, 0.05) is 19.5 Å². The summed E-state index contributed by atoms with van der Waals surface area (Å²) in [4.78, 5) is 23.2. The second kappa shape index (κ2) is 6.48. The van der Waals surface area contributed by atoms with Gasteiger partial charge in [-0.3, -0.25) is 9.59 Å². The van der Waals surface area contributed by atoms with E-state index >= 15 is 0 Å². The molecule has 5 N–H and O–H groups in total. The quantitative estimate of drug-likeness (QED) is 0.608. The number of benzene rings is 1. The van der Waals surface area contributed by atoms with E-state index in [2.05, 4.69) is 0 Å². The Morgan fingerprint density at radius 3 is 2.33 bits per heavy atom. The summed E-state index contributed by atoms with van der Waals surface area (Å²) in [5.74, 6) is -1.32. The van der Waals surface area contributed by atoms with Gasteiger partial charge in [0.1, 0.15) is 0 Å². The van der Waals surface area contributed by atoms with Crippen molar-refractivity contribution in [3.63, 3.8) is 0 Å². The number of aliphatic carboxylic acids is 1. The molecule has 6 heteroatoms. The van der Waals surface area contributed by atoms with Gasteiger partial charge < -0.3 is 21.5 Å². The predicted octanol–water partition coefficient (Wildman–Crippen LogP) is 0.425. The van der Waals surface area contributed by atoms with E-state index < -0.39 is 11.9 Å². The number of amides is 1. The van der Waals surface area contributed by atoms with Gasteiger partial charge in [-0.1, -0.05) is 12.1 Å². The normalized spacial score (nSPS) is 10.0. The highest BCUT2D eigenvalue weighted by atomic mass is 16.4. The summed E-state index contributed by atoms with van der Waals surface area (Å²) in [5, 5.41) is 8.71. The number of nitrogen functional groups attached to an aromatic ring is 1. The number of rotatable bonds is 7. The molecule has 1 rings (SSSR count). The summed E-state index contributed by atoms with van der Waals surface area (Å²) in [5.41, 5.74) is 12.2. The van der Waals surface area contributed by atoms with E-state index in [1.54, 1.807) is 23.1 Å². The Labute approximate surface area is 105 Å². The first-order chi connectivity index (χ1) is 8.50. The van der Waals surface area contributed by atoms with Crippen LogP contribution in [0.5, 0.6) is 0 Å². The molecular formula is C12H17N3O3. The molecule has 18 heavy (non-hydrogen) atoms. The Bertz CT molecular complexity index is 416. The van der Waals surface area contributed by atoms with Gasteiger partial charge in [-0.25, -0.2) is 0 Å². The zero-order valence-electron chi connectivity index (χ0n) is 10.0. The largest absolute Gasteiger partial charge is 0.481 e. The minimum Gasteiger partial charge on any atom is -0.481 e. The lowest BCUT2D eigenvalue weighted by atomic mass is 10.2. The molecule has 1 aromatic rings. The number of para-hydroxylation sites is 2. The molecule has 0 aliphatic heterocycles. The van der Waals surface area contributed by atoms with Crippen molar-refractivity contribution in [3.05, 3.63) is 24.3 Å². The van der Waals surface area contributed by atoms with Crippen LogP contribution in [0.25, 0.3) is 0 Å². The first-order valence-corrected chi connectivity index (χ1v) is 5.60. The monoisotopic (exact) mass is 251 g/mol. The average molecular weight is 251 g/mol. The number of anilines is 2. The Morgan fingerprint density at radius 2 is 1.78 bits per heavy atom. The minimum absolute atomic E-state index is 0.0207. The van der Waals surface area contributed by atoms with E-state index in [0.29, 0.717) is 12.2 Å². The molecule has 0 bridgehead atoms. The van der Waals surface area contributed by atoms with Crippen molar-refractivity contribution in [2.75, 3.05) is 23.7 Å². The van der Waals surface area contributed by atoms with Crippen LogP contribution < -0.4 is 16.4 Å². The smallest absolute Gasteiger partial charge is 0.305 e. The molecule has 0 unspecified atom stereocenters. The molecule has 0 aliphatic rings. The van der Waals surface area contributed by atoms with Crippen LogP contribution in [0.2, 0.25) is 0 Å². The summed E-state index contributed by atoms with van der Waals surface area (Å²) in [7, 11) is 0. The van der Waals surface area contributed by atoms with Gasteiger partial charge in [-0.2, -0.15) is 0 Å². The average Bonchev–Trinajstić information content (AvgIpc) is 2.30. The third-order valence-corrected chi connectivity index (χ3v) is 2.50. The number of nitrogens with zero attached hydrogens (tertiary/aromatic N) is 1. The molecule has 0 aromatic heterocycles. The highest BCUT2D eigenvalue weighted by molar-refractivity contribution is 5.75. The van der Waals surface area contributed by atoms with Crippen molar-refractivity contribution in [1.29, 1.82) is 0 Å². The van der Waals surface area contributed by atoms with Crippen molar-refractivity contribution in [2.45, 2.75) is 12.8 Å². The Balaban J connectivity index is 2.79. The van der Waals surface area contributed by atoms with Gasteiger partial charge in [0.05, 0.1) is 17.8 Å². The number of carbonyl (C=O) groups excluding carboxylic acids is 1. The van der Waals surface area contributed by atoms with E-state index in [0.717, 1.165) is 5.69 Å². The standard InChI is InChI=1S/C12H17N3O3/c13-9-3-1-2-4-10(9)15(7-5-11(14)16)8-6-12(17)18/h1-4H,5-8,13H2,(H2,14,16)(H,17,18). The van der Waals surface area contributed by atoms with Crippen LogP contribution in [0, 0.1) is 0 Å². The van der Waals surface area contributed by atoms with Crippen molar-refractivity contribution >= 4 is 23.3 Å². The second-order valence-corrected chi connectivity index (χ2v) is 3.91. The van der Waals surface area contributed by atoms with Crippen LogP contribution in [0.3, 0.4) is 0 Å². The predicted molar refractivity (Wildman–Crippen MR) is 69.1 cm³/mol. The van der Waals surface area contributed by atoms with E-state index in [9.17, 15) is 9.59 Å². The summed E-state index contributed by atoms with van der Waals surface area (Å²) in [6.07, 6.45) is 0.140. The molecule has 6 nitrogen and oxygen atoms in total. The van der Waals surface area contributed by atoms with Gasteiger partial charge in [0.15, 0.2) is 0 Å². The number of hydrogen-bond acceptors (Lipinski definition) is 4. The fraction of sp³-hybridized carbons (Fsp3) is 0.333. The molecule has 0 saturated carbocycles.